The minimum Gasteiger partial charge on any atom is -0.504 e. The number of hydrogen-bond donors (Lipinski definition) is 1. The Bertz CT molecular complexity index is 563. The van der Waals surface area contributed by atoms with Gasteiger partial charge in [0.25, 0.3) is 0 Å². The number of fused-ring (bicyclic) bond motifs is 1. The third kappa shape index (κ3) is 2.67. The first kappa shape index (κ1) is 13.1. The van der Waals surface area contributed by atoms with E-state index in [-0.39, 0.29) is 11.5 Å². The number of oxime groups is 1. The lowest BCUT2D eigenvalue weighted by atomic mass is 10.1. The predicted molar refractivity (Wildman–Crippen MR) is 75.4 cm³/mol. The van der Waals surface area contributed by atoms with Crippen LogP contribution < -0.4 is 4.84 Å². The van der Waals surface area contributed by atoms with Gasteiger partial charge < -0.3 is 9.94 Å². The molecule has 0 aliphatic carbocycles. The summed E-state index contributed by atoms with van der Waals surface area (Å²) in [7, 11) is 0. The maximum Gasteiger partial charge on any atom is 0.250 e. The molecule has 1 saturated heterocycles. The van der Waals surface area contributed by atoms with Gasteiger partial charge in [0.1, 0.15) is 0 Å². The Kier molecular flexibility index (Phi) is 3.69. The van der Waals surface area contributed by atoms with Gasteiger partial charge in [-0.2, -0.15) is 4.39 Å². The maximum absolute atomic E-state index is 13.1. The molecule has 0 bridgehead atoms. The highest BCUT2D eigenvalue weighted by Gasteiger charge is 2.18. The molecule has 4 nitrogen and oxygen atoms in total. The van der Waals surface area contributed by atoms with Crippen LogP contribution in [-0.2, 0) is 6.54 Å². The summed E-state index contributed by atoms with van der Waals surface area (Å²) >= 11 is 0. The van der Waals surface area contributed by atoms with Gasteiger partial charge in [0.05, 0.1) is 0 Å². The SMILES string of the molecule is Oc1c(CN2CCCCC2)ccc2c1ON=C(F)C=C2. The summed E-state index contributed by atoms with van der Waals surface area (Å²) in [5, 5.41) is 13.6. The number of aromatic hydroxyl groups is 1. The summed E-state index contributed by atoms with van der Waals surface area (Å²) in [5.74, 6) is -0.433. The minimum atomic E-state index is -0.710. The number of halogens is 1. The van der Waals surface area contributed by atoms with Crippen molar-refractivity contribution < 1.29 is 14.3 Å². The van der Waals surface area contributed by atoms with Gasteiger partial charge in [-0.15, -0.1) is 0 Å². The molecule has 1 fully saturated rings. The van der Waals surface area contributed by atoms with E-state index in [9.17, 15) is 9.50 Å². The molecule has 3 rings (SSSR count). The highest BCUT2D eigenvalue weighted by Crippen LogP contribution is 2.36. The van der Waals surface area contributed by atoms with Crippen molar-refractivity contribution >= 4 is 12.0 Å². The van der Waals surface area contributed by atoms with Crippen molar-refractivity contribution in [2.45, 2.75) is 25.8 Å². The van der Waals surface area contributed by atoms with Crippen molar-refractivity contribution in [3.63, 3.8) is 0 Å². The Balaban J connectivity index is 1.85. The zero-order chi connectivity index (χ0) is 13.9. The van der Waals surface area contributed by atoms with E-state index in [0.717, 1.165) is 18.7 Å². The number of phenolic OH excluding ortho intramolecular Hbond substituents is 1. The van der Waals surface area contributed by atoms with Crippen molar-refractivity contribution in [1.29, 1.82) is 0 Å². The van der Waals surface area contributed by atoms with Crippen LogP contribution in [0.15, 0.2) is 23.4 Å². The van der Waals surface area contributed by atoms with Crippen LogP contribution in [0.25, 0.3) is 6.08 Å². The summed E-state index contributed by atoms with van der Waals surface area (Å²) in [6.45, 7) is 2.77. The summed E-state index contributed by atoms with van der Waals surface area (Å²) in [5.41, 5.74) is 1.41. The molecule has 0 atom stereocenters. The van der Waals surface area contributed by atoms with Gasteiger partial charge in [-0.05, 0) is 43.2 Å². The molecule has 0 radical (unpaired) electrons. The third-order valence-corrected chi connectivity index (χ3v) is 3.71. The molecule has 5 heteroatoms. The lowest BCUT2D eigenvalue weighted by Crippen LogP contribution is -2.29. The van der Waals surface area contributed by atoms with E-state index < -0.39 is 5.97 Å². The van der Waals surface area contributed by atoms with Crippen molar-refractivity contribution in [3.05, 3.63) is 29.3 Å². The first-order chi connectivity index (χ1) is 9.74. The second-order valence-electron chi connectivity index (χ2n) is 5.17. The first-order valence-corrected chi connectivity index (χ1v) is 6.90. The molecule has 0 saturated carbocycles. The van der Waals surface area contributed by atoms with Crippen molar-refractivity contribution in [2.75, 3.05) is 13.1 Å². The highest BCUT2D eigenvalue weighted by molar-refractivity contribution is 5.92. The summed E-state index contributed by atoms with van der Waals surface area (Å²) in [4.78, 5) is 7.31. The topological polar surface area (TPSA) is 45.1 Å². The van der Waals surface area contributed by atoms with Crippen LogP contribution in [0.2, 0.25) is 0 Å². The van der Waals surface area contributed by atoms with E-state index in [2.05, 4.69) is 10.1 Å². The first-order valence-electron chi connectivity index (χ1n) is 6.90. The maximum atomic E-state index is 13.1. The smallest absolute Gasteiger partial charge is 0.250 e. The number of phenols is 1. The molecule has 0 spiro atoms. The summed E-state index contributed by atoms with van der Waals surface area (Å²) in [6.07, 6.45) is 6.43. The average Bonchev–Trinajstić information content (AvgIpc) is 2.66. The molecule has 2 aliphatic rings. The Morgan fingerprint density at radius 3 is 2.80 bits per heavy atom. The number of piperidine rings is 1. The summed E-state index contributed by atoms with van der Waals surface area (Å²) in [6, 6.07) is 3.68. The Morgan fingerprint density at radius 2 is 2.00 bits per heavy atom. The van der Waals surface area contributed by atoms with Gasteiger partial charge in [0.2, 0.25) is 11.7 Å². The van der Waals surface area contributed by atoms with Crippen LogP contribution in [0.4, 0.5) is 4.39 Å². The zero-order valence-corrected chi connectivity index (χ0v) is 11.2. The number of likely N-dealkylation sites (tertiary alicyclic amines) is 1. The van der Waals surface area contributed by atoms with Gasteiger partial charge in [-0.3, -0.25) is 4.90 Å². The molecule has 1 aromatic carbocycles. The van der Waals surface area contributed by atoms with Crippen LogP contribution >= 0.6 is 0 Å². The normalized spacial score (nSPS) is 18.9. The number of hydrogen-bond acceptors (Lipinski definition) is 4. The molecule has 20 heavy (non-hydrogen) atoms. The fourth-order valence-corrected chi connectivity index (χ4v) is 2.62. The Hall–Kier alpha value is -1.88. The molecular weight excluding hydrogens is 259 g/mol. The second-order valence-corrected chi connectivity index (χ2v) is 5.17. The van der Waals surface area contributed by atoms with Gasteiger partial charge >= 0.3 is 0 Å². The van der Waals surface area contributed by atoms with Crippen molar-refractivity contribution in [2.24, 2.45) is 5.16 Å². The van der Waals surface area contributed by atoms with E-state index >= 15 is 0 Å². The Morgan fingerprint density at radius 1 is 1.20 bits per heavy atom. The van der Waals surface area contributed by atoms with Crippen molar-refractivity contribution in [3.8, 4) is 11.5 Å². The van der Waals surface area contributed by atoms with Crippen LogP contribution in [0.5, 0.6) is 11.5 Å². The molecule has 1 N–H and O–H groups in total. The summed E-state index contributed by atoms with van der Waals surface area (Å²) < 4.78 is 13.1. The quantitative estimate of drug-likeness (QED) is 0.903. The molecule has 0 aromatic heterocycles. The van der Waals surface area contributed by atoms with E-state index in [0.29, 0.717) is 12.1 Å². The number of benzene rings is 1. The lowest BCUT2D eigenvalue weighted by molar-refractivity contribution is 0.217. The molecule has 2 heterocycles. The lowest BCUT2D eigenvalue weighted by Gasteiger charge is -2.26. The van der Waals surface area contributed by atoms with Crippen LogP contribution in [0, 0.1) is 0 Å². The predicted octanol–water partition coefficient (Wildman–Crippen LogP) is 3.07. The molecule has 0 unspecified atom stereocenters. The van der Waals surface area contributed by atoms with E-state index in [4.69, 9.17) is 4.84 Å². The fourth-order valence-electron chi connectivity index (χ4n) is 2.62. The standard InChI is InChI=1S/C15H17FN2O2/c16-13-7-6-11-4-5-12(14(19)15(11)20-17-13)10-18-8-2-1-3-9-18/h4-7,19H,1-3,8-10H2. The number of allylic oxidation sites excluding steroid dienone is 1. The van der Waals surface area contributed by atoms with Gasteiger partial charge in [0.15, 0.2) is 5.75 Å². The number of nitrogens with zero attached hydrogens (tertiary/aromatic N) is 2. The van der Waals surface area contributed by atoms with Gasteiger partial charge in [0, 0.05) is 17.7 Å². The highest BCUT2D eigenvalue weighted by atomic mass is 19.1. The average molecular weight is 276 g/mol. The van der Waals surface area contributed by atoms with Gasteiger partial charge in [-0.25, -0.2) is 0 Å². The number of rotatable bonds is 2. The molecule has 2 aliphatic heterocycles. The molecular formula is C15H17FN2O2. The van der Waals surface area contributed by atoms with Gasteiger partial charge in [-0.1, -0.05) is 18.6 Å². The van der Waals surface area contributed by atoms with Crippen molar-refractivity contribution in [1.82, 2.24) is 4.90 Å². The Labute approximate surface area is 117 Å². The van der Waals surface area contributed by atoms with Crippen LogP contribution in [0.1, 0.15) is 30.4 Å². The molecule has 1 aromatic rings. The van der Waals surface area contributed by atoms with E-state index in [1.807, 2.05) is 12.1 Å². The van der Waals surface area contributed by atoms with Crippen LogP contribution in [0.3, 0.4) is 0 Å². The third-order valence-electron chi connectivity index (χ3n) is 3.71. The molecule has 106 valence electrons. The monoisotopic (exact) mass is 276 g/mol. The van der Waals surface area contributed by atoms with E-state index in [1.54, 1.807) is 6.08 Å². The largest absolute Gasteiger partial charge is 0.504 e. The van der Waals surface area contributed by atoms with Crippen LogP contribution in [-0.4, -0.2) is 29.1 Å². The zero-order valence-electron chi connectivity index (χ0n) is 11.2. The fraction of sp³-hybridized carbons (Fsp3) is 0.400. The second kappa shape index (κ2) is 5.63. The molecule has 0 amide bonds. The van der Waals surface area contributed by atoms with E-state index in [1.165, 1.54) is 25.3 Å². The minimum absolute atomic E-state index is 0.0520.